The number of methoxy groups -OCH3 is 2. The monoisotopic (exact) mass is 221 g/mol. The van der Waals surface area contributed by atoms with E-state index in [9.17, 15) is 4.79 Å². The third-order valence-electron chi connectivity index (χ3n) is 2.25. The Labute approximate surface area is 92.6 Å². The van der Waals surface area contributed by atoms with Gasteiger partial charge in [0.2, 0.25) is 11.9 Å². The van der Waals surface area contributed by atoms with Crippen molar-refractivity contribution >= 4 is 5.97 Å². The molecule has 1 atom stereocenters. The average molecular weight is 221 g/mol. The Kier molecular flexibility index (Phi) is 2.76. The van der Waals surface area contributed by atoms with Gasteiger partial charge >= 0.3 is 5.97 Å². The number of nitrogens with zero attached hydrogens (tertiary/aromatic N) is 1. The number of hydrogen-bond acceptors (Lipinski definition) is 5. The number of aromatic nitrogens is 1. The minimum atomic E-state index is -0.617. The maximum atomic E-state index is 11.4. The molecular weight excluding hydrogens is 210 g/mol. The van der Waals surface area contributed by atoms with Crippen molar-refractivity contribution < 1.29 is 19.0 Å². The quantitative estimate of drug-likeness (QED) is 0.717. The lowest BCUT2D eigenvalue weighted by Crippen LogP contribution is -2.05. The molecule has 2 rings (SSSR count). The van der Waals surface area contributed by atoms with Crippen molar-refractivity contribution in [3.8, 4) is 0 Å². The third-order valence-corrected chi connectivity index (χ3v) is 2.25. The Morgan fingerprint density at radius 2 is 2.12 bits per heavy atom. The van der Waals surface area contributed by atoms with Gasteiger partial charge in [-0.2, -0.15) is 0 Å². The highest BCUT2D eigenvalue weighted by atomic mass is 16.6. The molecule has 16 heavy (non-hydrogen) atoms. The van der Waals surface area contributed by atoms with Crippen LogP contribution in [0.1, 0.15) is 11.8 Å². The predicted octanol–water partition coefficient (Wildman–Crippen LogP) is 1.18. The lowest BCUT2D eigenvalue weighted by atomic mass is 10.2. The molecule has 0 N–H and O–H groups in total. The molecule has 0 saturated carbocycles. The van der Waals surface area contributed by atoms with Crippen molar-refractivity contribution in [2.24, 2.45) is 0 Å². The van der Waals surface area contributed by atoms with E-state index in [1.807, 2.05) is 6.07 Å². The summed E-state index contributed by atoms with van der Waals surface area (Å²) in [5.41, 5.74) is 0.611. The van der Waals surface area contributed by atoms with Crippen LogP contribution in [0.25, 0.3) is 0 Å². The summed E-state index contributed by atoms with van der Waals surface area (Å²) >= 11 is 0. The summed E-state index contributed by atoms with van der Waals surface area (Å²) in [6.45, 7) is 0. The first-order valence-electron chi connectivity index (χ1n) is 4.72. The zero-order chi connectivity index (χ0) is 11.5. The van der Waals surface area contributed by atoms with Crippen LogP contribution >= 0.6 is 0 Å². The van der Waals surface area contributed by atoms with E-state index in [0.717, 1.165) is 0 Å². The first-order chi connectivity index (χ1) is 7.77. The molecule has 1 aromatic rings. The zero-order valence-electron chi connectivity index (χ0n) is 8.97. The second kappa shape index (κ2) is 4.22. The first-order valence-corrected chi connectivity index (χ1v) is 4.72. The molecule has 5 heteroatoms. The van der Waals surface area contributed by atoms with E-state index in [-0.39, 0.29) is 5.76 Å². The molecule has 0 spiro atoms. The number of cyclic esters (lactones) is 1. The summed E-state index contributed by atoms with van der Waals surface area (Å²) in [4.78, 5) is 15.6. The molecule has 0 aliphatic carbocycles. The Hall–Kier alpha value is -2.04. The lowest BCUT2D eigenvalue weighted by Gasteiger charge is -2.11. The molecule has 0 amide bonds. The Morgan fingerprint density at radius 3 is 2.69 bits per heavy atom. The summed E-state index contributed by atoms with van der Waals surface area (Å²) in [5, 5.41) is 0. The van der Waals surface area contributed by atoms with Crippen molar-refractivity contribution in [3.63, 3.8) is 0 Å². The van der Waals surface area contributed by atoms with Gasteiger partial charge in [0.25, 0.3) is 0 Å². The van der Waals surface area contributed by atoms with Crippen LogP contribution in [-0.4, -0.2) is 25.2 Å². The van der Waals surface area contributed by atoms with Crippen LogP contribution in [-0.2, 0) is 19.0 Å². The normalized spacial score (nSPS) is 19.6. The third kappa shape index (κ3) is 1.60. The smallest absolute Gasteiger partial charge is 0.378 e. The van der Waals surface area contributed by atoms with Crippen LogP contribution in [0.3, 0.4) is 0 Å². The molecule has 0 saturated heterocycles. The molecule has 84 valence electrons. The molecule has 1 aliphatic heterocycles. The fraction of sp³-hybridized carbons (Fsp3) is 0.273. The maximum Gasteiger partial charge on any atom is 0.378 e. The fourth-order valence-electron chi connectivity index (χ4n) is 1.54. The second-order valence-electron chi connectivity index (χ2n) is 3.14. The fourth-order valence-corrected chi connectivity index (χ4v) is 1.54. The van der Waals surface area contributed by atoms with Crippen molar-refractivity contribution in [2.75, 3.05) is 14.2 Å². The molecule has 5 nitrogen and oxygen atoms in total. The SMILES string of the molecule is COC1=C(OC)C(c2ccccn2)OC1=O. The van der Waals surface area contributed by atoms with E-state index in [1.54, 1.807) is 18.3 Å². The summed E-state index contributed by atoms with van der Waals surface area (Å²) in [7, 11) is 2.86. The molecule has 0 bridgehead atoms. The highest BCUT2D eigenvalue weighted by molar-refractivity contribution is 5.89. The number of hydrogen-bond donors (Lipinski definition) is 0. The Bertz CT molecular complexity index is 427. The van der Waals surface area contributed by atoms with Gasteiger partial charge in [-0.15, -0.1) is 0 Å². The van der Waals surface area contributed by atoms with Gasteiger partial charge in [0.1, 0.15) is 0 Å². The number of ether oxygens (including phenoxy) is 3. The number of esters is 1. The summed E-state index contributed by atoms with van der Waals surface area (Å²) in [5.74, 6) is -0.0839. The molecule has 0 aromatic carbocycles. The van der Waals surface area contributed by atoms with E-state index in [0.29, 0.717) is 11.5 Å². The van der Waals surface area contributed by atoms with Gasteiger partial charge in [-0.1, -0.05) is 6.07 Å². The molecule has 0 fully saturated rings. The first kappa shape index (κ1) is 10.5. The standard InChI is InChI=1S/C11H11NO4/c1-14-9-8(7-5-3-4-6-12-7)16-11(13)10(9)15-2/h3-6,8H,1-2H3. The molecular formula is C11H11NO4. The lowest BCUT2D eigenvalue weighted by molar-refractivity contribution is -0.143. The highest BCUT2D eigenvalue weighted by Gasteiger charge is 2.38. The number of carbonyl (C=O) groups is 1. The number of pyridine rings is 1. The zero-order valence-corrected chi connectivity index (χ0v) is 8.97. The van der Waals surface area contributed by atoms with Crippen LogP contribution < -0.4 is 0 Å². The van der Waals surface area contributed by atoms with Gasteiger partial charge in [-0.05, 0) is 12.1 Å². The Morgan fingerprint density at radius 1 is 1.31 bits per heavy atom. The van der Waals surface area contributed by atoms with Gasteiger partial charge in [0.15, 0.2) is 5.76 Å². The minimum Gasteiger partial charge on any atom is -0.493 e. The molecule has 1 unspecified atom stereocenters. The molecule has 1 aromatic heterocycles. The van der Waals surface area contributed by atoms with E-state index in [2.05, 4.69) is 4.98 Å². The molecule has 2 heterocycles. The van der Waals surface area contributed by atoms with Crippen LogP contribution in [0, 0.1) is 0 Å². The number of carbonyl (C=O) groups excluding carboxylic acids is 1. The van der Waals surface area contributed by atoms with Crippen LogP contribution in [0.5, 0.6) is 0 Å². The van der Waals surface area contributed by atoms with Gasteiger partial charge in [0, 0.05) is 6.20 Å². The largest absolute Gasteiger partial charge is 0.493 e. The van der Waals surface area contributed by atoms with E-state index in [1.165, 1.54) is 14.2 Å². The van der Waals surface area contributed by atoms with Crippen molar-refractivity contribution in [3.05, 3.63) is 41.6 Å². The van der Waals surface area contributed by atoms with Crippen molar-refractivity contribution in [1.29, 1.82) is 0 Å². The van der Waals surface area contributed by atoms with Crippen molar-refractivity contribution in [2.45, 2.75) is 6.10 Å². The Balaban J connectivity index is 2.38. The van der Waals surface area contributed by atoms with Crippen LogP contribution in [0.4, 0.5) is 0 Å². The summed E-state index contributed by atoms with van der Waals surface area (Å²) in [6.07, 6.45) is 1.01. The highest BCUT2D eigenvalue weighted by Crippen LogP contribution is 2.34. The molecule has 0 radical (unpaired) electrons. The van der Waals surface area contributed by atoms with Crippen LogP contribution in [0.15, 0.2) is 35.9 Å². The van der Waals surface area contributed by atoms with Gasteiger partial charge in [-0.25, -0.2) is 4.79 Å². The topological polar surface area (TPSA) is 57.6 Å². The average Bonchev–Trinajstić information content (AvgIpc) is 2.66. The van der Waals surface area contributed by atoms with Gasteiger partial charge in [0.05, 0.1) is 19.9 Å². The van der Waals surface area contributed by atoms with E-state index in [4.69, 9.17) is 14.2 Å². The summed E-state index contributed by atoms with van der Waals surface area (Å²) < 4.78 is 15.2. The van der Waals surface area contributed by atoms with E-state index < -0.39 is 12.1 Å². The van der Waals surface area contributed by atoms with Gasteiger partial charge in [-0.3, -0.25) is 4.98 Å². The van der Waals surface area contributed by atoms with Crippen LogP contribution in [0.2, 0.25) is 0 Å². The minimum absolute atomic E-state index is 0.0955. The summed E-state index contributed by atoms with van der Waals surface area (Å²) in [6, 6.07) is 5.36. The molecule has 1 aliphatic rings. The predicted molar refractivity (Wildman–Crippen MR) is 54.1 cm³/mol. The van der Waals surface area contributed by atoms with Crippen molar-refractivity contribution in [1.82, 2.24) is 4.98 Å². The van der Waals surface area contributed by atoms with Gasteiger partial charge < -0.3 is 14.2 Å². The second-order valence-corrected chi connectivity index (χ2v) is 3.14. The maximum absolute atomic E-state index is 11.4. The van der Waals surface area contributed by atoms with E-state index >= 15 is 0 Å². The number of rotatable bonds is 3.